The van der Waals surface area contributed by atoms with Crippen LogP contribution in [0.15, 0.2) is 41.1 Å². The highest BCUT2D eigenvalue weighted by atomic mass is 79.9. The Morgan fingerprint density at radius 1 is 1.28 bits per heavy atom. The zero-order valence-electron chi connectivity index (χ0n) is 9.41. The normalized spacial score (nSPS) is 12.4. The van der Waals surface area contributed by atoms with Crippen molar-refractivity contribution in [2.75, 3.05) is 0 Å². The minimum atomic E-state index is -0.882. The van der Waals surface area contributed by atoms with E-state index < -0.39 is 17.7 Å². The maximum absolute atomic E-state index is 13.6. The molecule has 0 saturated heterocycles. The number of benzene rings is 1. The smallest absolute Gasteiger partial charge is 0.163 e. The van der Waals surface area contributed by atoms with Crippen LogP contribution in [0, 0.1) is 11.6 Å². The van der Waals surface area contributed by atoms with Gasteiger partial charge in [0.1, 0.15) is 0 Å². The van der Waals surface area contributed by atoms with Gasteiger partial charge in [-0.15, -0.1) is 0 Å². The second kappa shape index (κ2) is 5.54. The molecule has 1 unspecified atom stereocenters. The number of hydrogen-bond donors (Lipinski definition) is 1. The second-order valence-electron chi connectivity index (χ2n) is 3.97. The molecule has 94 valence electrons. The van der Waals surface area contributed by atoms with Gasteiger partial charge in [-0.2, -0.15) is 0 Å². The van der Waals surface area contributed by atoms with E-state index in [-0.39, 0.29) is 5.56 Å². The van der Waals surface area contributed by atoms with Crippen molar-refractivity contribution in [2.45, 2.75) is 12.5 Å². The van der Waals surface area contributed by atoms with Crippen molar-refractivity contribution in [3.63, 3.8) is 0 Å². The summed E-state index contributed by atoms with van der Waals surface area (Å²) < 4.78 is 27.5. The first-order valence-electron chi connectivity index (χ1n) is 5.37. The Kier molecular flexibility index (Phi) is 4.04. The molecule has 1 aromatic heterocycles. The van der Waals surface area contributed by atoms with Crippen LogP contribution in [0.25, 0.3) is 0 Å². The molecular formula is C13H11BrF2N2. The van der Waals surface area contributed by atoms with Gasteiger partial charge < -0.3 is 5.73 Å². The maximum Gasteiger partial charge on any atom is 0.163 e. The van der Waals surface area contributed by atoms with Gasteiger partial charge in [0.25, 0.3) is 0 Å². The molecule has 0 saturated carbocycles. The zero-order valence-corrected chi connectivity index (χ0v) is 11.0. The fourth-order valence-corrected chi connectivity index (χ4v) is 2.15. The number of hydrogen-bond acceptors (Lipinski definition) is 2. The van der Waals surface area contributed by atoms with Gasteiger partial charge in [-0.25, -0.2) is 8.78 Å². The van der Waals surface area contributed by atoms with E-state index in [1.54, 1.807) is 12.4 Å². The summed E-state index contributed by atoms with van der Waals surface area (Å²) in [7, 11) is 0. The van der Waals surface area contributed by atoms with E-state index in [9.17, 15) is 8.78 Å². The average Bonchev–Trinajstić information content (AvgIpc) is 2.32. The Morgan fingerprint density at radius 2 is 2.06 bits per heavy atom. The molecule has 0 fully saturated rings. The number of nitrogens with zero attached hydrogens (tertiary/aromatic N) is 1. The summed E-state index contributed by atoms with van der Waals surface area (Å²) in [6.45, 7) is 0. The Hall–Kier alpha value is -1.33. The van der Waals surface area contributed by atoms with Crippen LogP contribution in [0.4, 0.5) is 8.78 Å². The van der Waals surface area contributed by atoms with E-state index in [0.717, 1.165) is 16.1 Å². The second-order valence-corrected chi connectivity index (χ2v) is 4.88. The molecule has 1 aromatic carbocycles. The third-order valence-corrected chi connectivity index (χ3v) is 3.03. The summed E-state index contributed by atoms with van der Waals surface area (Å²) in [5.41, 5.74) is 6.93. The molecule has 1 atom stereocenters. The van der Waals surface area contributed by atoms with Crippen LogP contribution in [0.5, 0.6) is 0 Å². The molecule has 0 aliphatic carbocycles. The lowest BCUT2D eigenvalue weighted by Crippen LogP contribution is -2.15. The first-order chi connectivity index (χ1) is 8.58. The van der Waals surface area contributed by atoms with Gasteiger partial charge >= 0.3 is 0 Å². The van der Waals surface area contributed by atoms with Crippen LogP contribution in [0.3, 0.4) is 0 Å². The first-order valence-corrected chi connectivity index (χ1v) is 6.16. The van der Waals surface area contributed by atoms with Crippen molar-refractivity contribution in [1.82, 2.24) is 4.98 Å². The summed E-state index contributed by atoms with van der Waals surface area (Å²) in [4.78, 5) is 4.00. The lowest BCUT2D eigenvalue weighted by Gasteiger charge is -2.13. The molecule has 0 aliphatic rings. The fourth-order valence-electron chi connectivity index (χ4n) is 1.74. The highest BCUT2D eigenvalue weighted by molar-refractivity contribution is 9.10. The van der Waals surface area contributed by atoms with E-state index in [2.05, 4.69) is 20.9 Å². The Bertz CT molecular complexity index is 560. The molecule has 2 rings (SSSR count). The largest absolute Gasteiger partial charge is 0.324 e. The van der Waals surface area contributed by atoms with Crippen molar-refractivity contribution >= 4 is 15.9 Å². The van der Waals surface area contributed by atoms with E-state index in [0.29, 0.717) is 6.42 Å². The Balaban J connectivity index is 2.22. The molecule has 18 heavy (non-hydrogen) atoms. The van der Waals surface area contributed by atoms with Gasteiger partial charge in [0.05, 0.1) is 0 Å². The quantitative estimate of drug-likeness (QED) is 0.943. The maximum atomic E-state index is 13.6. The summed E-state index contributed by atoms with van der Waals surface area (Å²) in [6.07, 6.45) is 3.70. The van der Waals surface area contributed by atoms with Gasteiger partial charge in [0.2, 0.25) is 0 Å². The molecule has 2 aromatic rings. The molecule has 2 nitrogen and oxygen atoms in total. The van der Waals surface area contributed by atoms with Crippen molar-refractivity contribution in [3.8, 4) is 0 Å². The van der Waals surface area contributed by atoms with Crippen LogP contribution in [0.2, 0.25) is 0 Å². The lowest BCUT2D eigenvalue weighted by molar-refractivity contribution is 0.488. The van der Waals surface area contributed by atoms with Crippen LogP contribution < -0.4 is 5.73 Å². The summed E-state index contributed by atoms with van der Waals surface area (Å²) >= 11 is 3.30. The predicted octanol–water partition coefficient (Wildman–Crippen LogP) is 3.36. The molecular weight excluding hydrogens is 302 g/mol. The van der Waals surface area contributed by atoms with Gasteiger partial charge in [-0.05, 0) is 40.0 Å². The van der Waals surface area contributed by atoms with Gasteiger partial charge in [0.15, 0.2) is 11.6 Å². The molecule has 0 spiro atoms. The van der Waals surface area contributed by atoms with E-state index in [4.69, 9.17) is 5.73 Å². The third kappa shape index (κ3) is 2.91. The van der Waals surface area contributed by atoms with E-state index in [1.165, 1.54) is 12.1 Å². The number of aromatic nitrogens is 1. The topological polar surface area (TPSA) is 38.9 Å². The van der Waals surface area contributed by atoms with Crippen molar-refractivity contribution < 1.29 is 8.78 Å². The molecule has 5 heteroatoms. The van der Waals surface area contributed by atoms with E-state index in [1.807, 2.05) is 6.07 Å². The van der Waals surface area contributed by atoms with Crippen LogP contribution in [-0.2, 0) is 6.42 Å². The highest BCUT2D eigenvalue weighted by Gasteiger charge is 2.15. The molecule has 1 heterocycles. The molecule has 0 bridgehead atoms. The molecule has 2 N–H and O–H groups in total. The average molecular weight is 313 g/mol. The zero-order chi connectivity index (χ0) is 13.1. The van der Waals surface area contributed by atoms with Crippen LogP contribution >= 0.6 is 15.9 Å². The number of rotatable bonds is 3. The van der Waals surface area contributed by atoms with Gasteiger partial charge in [0, 0.05) is 28.5 Å². The van der Waals surface area contributed by atoms with Crippen molar-refractivity contribution in [2.24, 2.45) is 5.73 Å². The minimum absolute atomic E-state index is 0.176. The Morgan fingerprint density at radius 3 is 2.78 bits per heavy atom. The number of nitrogens with two attached hydrogens (primary N) is 1. The van der Waals surface area contributed by atoms with Crippen LogP contribution in [-0.4, -0.2) is 4.98 Å². The predicted molar refractivity (Wildman–Crippen MR) is 68.9 cm³/mol. The summed E-state index contributed by atoms with van der Waals surface area (Å²) in [5.74, 6) is -1.76. The van der Waals surface area contributed by atoms with E-state index >= 15 is 0 Å². The minimum Gasteiger partial charge on any atom is -0.324 e. The van der Waals surface area contributed by atoms with Crippen LogP contribution in [0.1, 0.15) is 17.2 Å². The SMILES string of the molecule is NC(Cc1cncc(Br)c1)c1cccc(F)c1F. The van der Waals surface area contributed by atoms with Gasteiger partial charge in [-0.3, -0.25) is 4.98 Å². The third-order valence-electron chi connectivity index (χ3n) is 2.60. The highest BCUT2D eigenvalue weighted by Crippen LogP contribution is 2.21. The standard InChI is InChI=1S/C13H11BrF2N2/c14-9-4-8(6-18-7-9)5-12(17)10-2-1-3-11(15)13(10)16/h1-4,6-7,12H,5,17H2. The number of halogens is 3. The van der Waals surface area contributed by atoms with Crippen molar-refractivity contribution in [1.29, 1.82) is 0 Å². The molecule has 0 amide bonds. The summed E-state index contributed by atoms with van der Waals surface area (Å²) in [5, 5.41) is 0. The Labute approximate surface area is 112 Å². The van der Waals surface area contributed by atoms with Gasteiger partial charge in [-0.1, -0.05) is 12.1 Å². The monoisotopic (exact) mass is 312 g/mol. The first kappa shape index (κ1) is 13.1. The van der Waals surface area contributed by atoms with Crippen molar-refractivity contribution in [3.05, 3.63) is 63.9 Å². The molecule has 0 radical (unpaired) electrons. The molecule has 0 aliphatic heterocycles. The number of pyridine rings is 1. The summed E-state index contributed by atoms with van der Waals surface area (Å²) in [6, 6.07) is 5.27. The lowest BCUT2D eigenvalue weighted by atomic mass is 10.0. The fraction of sp³-hybridized carbons (Fsp3) is 0.154.